The molecule has 1 saturated carbocycles. The highest BCUT2D eigenvalue weighted by Gasteiger charge is 2.48. The number of rotatable bonds is 7. The standard InChI is InChI=1S/C29H34F3NO4/c1-19(2)13-16-33-18-28(37-26(27(33)35)21-7-5-4-6-8-21)14-11-20(12-15-28)25(34)22-9-10-24(36-3)23(17-22)29(30,31)32/h4-10,17,19-20,26H,11-16,18H2,1-3H3. The number of halogens is 3. The molecule has 5 nitrogen and oxygen atoms in total. The van der Waals surface area contributed by atoms with Crippen molar-refractivity contribution in [3.05, 3.63) is 65.2 Å². The van der Waals surface area contributed by atoms with E-state index in [1.54, 1.807) is 0 Å². The minimum atomic E-state index is -4.62. The number of hydrogen-bond donors (Lipinski definition) is 0. The van der Waals surface area contributed by atoms with Gasteiger partial charge < -0.3 is 14.4 Å². The molecule has 1 aliphatic heterocycles. The summed E-state index contributed by atoms with van der Waals surface area (Å²) in [5.41, 5.74) is -0.695. The highest BCUT2D eigenvalue weighted by molar-refractivity contribution is 5.98. The van der Waals surface area contributed by atoms with Gasteiger partial charge in [0.25, 0.3) is 5.91 Å². The molecule has 200 valence electrons. The molecular formula is C29H34F3NO4. The lowest BCUT2D eigenvalue weighted by Crippen LogP contribution is -2.57. The number of carbonyl (C=O) groups is 2. The van der Waals surface area contributed by atoms with Gasteiger partial charge >= 0.3 is 6.18 Å². The fourth-order valence-corrected chi connectivity index (χ4v) is 5.37. The average Bonchev–Trinajstić information content (AvgIpc) is 2.88. The van der Waals surface area contributed by atoms with E-state index in [0.29, 0.717) is 44.7 Å². The van der Waals surface area contributed by atoms with Crippen LogP contribution < -0.4 is 4.74 Å². The van der Waals surface area contributed by atoms with Crippen LogP contribution in [0, 0.1) is 11.8 Å². The van der Waals surface area contributed by atoms with Gasteiger partial charge in [0, 0.05) is 24.6 Å². The molecule has 1 amide bonds. The first-order valence-electron chi connectivity index (χ1n) is 12.8. The summed E-state index contributed by atoms with van der Waals surface area (Å²) >= 11 is 0. The molecule has 0 N–H and O–H groups in total. The number of hydrogen-bond acceptors (Lipinski definition) is 4. The Kier molecular flexibility index (Phi) is 7.97. The molecule has 1 atom stereocenters. The van der Waals surface area contributed by atoms with Crippen LogP contribution in [0.4, 0.5) is 13.2 Å². The van der Waals surface area contributed by atoms with E-state index in [4.69, 9.17) is 9.47 Å². The summed E-state index contributed by atoms with van der Waals surface area (Å²) in [4.78, 5) is 28.4. The van der Waals surface area contributed by atoms with Gasteiger partial charge in [0.05, 0.1) is 18.3 Å². The fraction of sp³-hybridized carbons (Fsp3) is 0.517. The van der Waals surface area contributed by atoms with E-state index in [9.17, 15) is 22.8 Å². The Bertz CT molecular complexity index is 1110. The van der Waals surface area contributed by atoms with Gasteiger partial charge in [0.2, 0.25) is 0 Å². The monoisotopic (exact) mass is 517 g/mol. The smallest absolute Gasteiger partial charge is 0.419 e. The summed E-state index contributed by atoms with van der Waals surface area (Å²) in [5.74, 6) is -0.609. The maximum atomic E-state index is 13.5. The molecule has 2 fully saturated rings. The Morgan fingerprint density at radius 1 is 1.14 bits per heavy atom. The number of nitrogens with zero attached hydrogens (tertiary/aromatic N) is 1. The number of carbonyl (C=O) groups excluding carboxylic acids is 2. The lowest BCUT2D eigenvalue weighted by Gasteiger charge is -2.49. The van der Waals surface area contributed by atoms with Gasteiger partial charge in [-0.2, -0.15) is 13.2 Å². The maximum Gasteiger partial charge on any atom is 0.419 e. The van der Waals surface area contributed by atoms with Crippen molar-refractivity contribution in [3.8, 4) is 5.75 Å². The van der Waals surface area contributed by atoms with Crippen LogP contribution in [0.25, 0.3) is 0 Å². The van der Waals surface area contributed by atoms with E-state index >= 15 is 0 Å². The van der Waals surface area contributed by atoms with E-state index in [1.165, 1.54) is 19.2 Å². The zero-order valence-corrected chi connectivity index (χ0v) is 21.5. The molecule has 0 radical (unpaired) electrons. The second-order valence-corrected chi connectivity index (χ2v) is 10.6. The third-order valence-corrected chi connectivity index (χ3v) is 7.52. The second kappa shape index (κ2) is 10.9. The molecule has 0 aromatic heterocycles. The first-order chi connectivity index (χ1) is 17.5. The van der Waals surface area contributed by atoms with Crippen LogP contribution in [0.2, 0.25) is 0 Å². The first kappa shape index (κ1) is 27.2. The van der Waals surface area contributed by atoms with Crippen LogP contribution in [-0.4, -0.2) is 42.4 Å². The van der Waals surface area contributed by atoms with Crippen molar-refractivity contribution in [2.24, 2.45) is 11.8 Å². The maximum absolute atomic E-state index is 13.5. The first-order valence-corrected chi connectivity index (χ1v) is 12.8. The van der Waals surface area contributed by atoms with Crippen LogP contribution in [0.1, 0.15) is 73.5 Å². The normalized spacial score (nSPS) is 24.5. The molecule has 1 unspecified atom stereocenters. The number of alkyl halides is 3. The van der Waals surface area contributed by atoms with Crippen molar-refractivity contribution in [2.45, 2.75) is 63.8 Å². The molecule has 2 aliphatic rings. The van der Waals surface area contributed by atoms with Gasteiger partial charge in [-0.3, -0.25) is 9.59 Å². The van der Waals surface area contributed by atoms with Gasteiger partial charge in [-0.15, -0.1) is 0 Å². The van der Waals surface area contributed by atoms with E-state index in [1.807, 2.05) is 35.2 Å². The lowest BCUT2D eigenvalue weighted by molar-refractivity contribution is -0.193. The Hall–Kier alpha value is -2.87. The van der Waals surface area contributed by atoms with Gasteiger partial charge in [0.15, 0.2) is 11.9 Å². The molecule has 1 aliphatic carbocycles. The Labute approximate surface area is 215 Å². The third-order valence-electron chi connectivity index (χ3n) is 7.52. The summed E-state index contributed by atoms with van der Waals surface area (Å²) in [6.07, 6.45) is -2.36. The summed E-state index contributed by atoms with van der Waals surface area (Å²) < 4.78 is 51.8. The quantitative estimate of drug-likeness (QED) is 0.395. The molecule has 1 heterocycles. The summed E-state index contributed by atoms with van der Waals surface area (Å²) in [6.45, 7) is 5.34. The number of ketones is 1. The van der Waals surface area contributed by atoms with Gasteiger partial charge in [-0.25, -0.2) is 0 Å². The van der Waals surface area contributed by atoms with E-state index in [0.717, 1.165) is 18.1 Å². The Morgan fingerprint density at radius 3 is 2.41 bits per heavy atom. The number of benzene rings is 2. The number of ether oxygens (including phenoxy) is 2. The summed E-state index contributed by atoms with van der Waals surface area (Å²) in [5, 5.41) is 0. The summed E-state index contributed by atoms with van der Waals surface area (Å²) in [6, 6.07) is 12.9. The van der Waals surface area contributed by atoms with Crippen LogP contribution in [0.5, 0.6) is 5.75 Å². The SMILES string of the molecule is COc1ccc(C(=O)C2CCC3(CC2)CN(CCC(C)C)C(=O)C(c2ccccc2)O3)cc1C(F)(F)F. The van der Waals surface area contributed by atoms with Gasteiger partial charge in [-0.1, -0.05) is 44.2 Å². The van der Waals surface area contributed by atoms with Crippen molar-refractivity contribution in [1.29, 1.82) is 0 Å². The van der Waals surface area contributed by atoms with Crippen molar-refractivity contribution >= 4 is 11.7 Å². The number of Topliss-reactive ketones (excluding diaryl/α,β-unsaturated/α-hetero) is 1. The second-order valence-electron chi connectivity index (χ2n) is 10.6. The van der Waals surface area contributed by atoms with E-state index in [2.05, 4.69) is 13.8 Å². The van der Waals surface area contributed by atoms with E-state index in [-0.39, 0.29) is 23.0 Å². The topological polar surface area (TPSA) is 55.8 Å². The van der Waals surface area contributed by atoms with Crippen LogP contribution in [0.3, 0.4) is 0 Å². The lowest BCUT2D eigenvalue weighted by atomic mass is 9.74. The van der Waals surface area contributed by atoms with Crippen LogP contribution in [-0.2, 0) is 15.7 Å². The largest absolute Gasteiger partial charge is 0.496 e. The highest BCUT2D eigenvalue weighted by Crippen LogP contribution is 2.44. The predicted octanol–water partition coefficient (Wildman–Crippen LogP) is 6.47. The molecule has 2 aromatic carbocycles. The molecule has 1 saturated heterocycles. The fourth-order valence-electron chi connectivity index (χ4n) is 5.37. The molecule has 8 heteroatoms. The summed E-state index contributed by atoms with van der Waals surface area (Å²) in [7, 11) is 1.18. The average molecular weight is 518 g/mol. The van der Waals surface area contributed by atoms with Gasteiger partial charge in [-0.05, 0) is 61.8 Å². The van der Waals surface area contributed by atoms with Crippen LogP contribution >= 0.6 is 0 Å². The molecule has 37 heavy (non-hydrogen) atoms. The van der Waals surface area contributed by atoms with E-state index < -0.39 is 29.4 Å². The highest BCUT2D eigenvalue weighted by atomic mass is 19.4. The third kappa shape index (κ3) is 6.00. The molecule has 4 rings (SSSR count). The van der Waals surface area contributed by atoms with Gasteiger partial charge in [0.1, 0.15) is 5.75 Å². The van der Waals surface area contributed by atoms with Crippen molar-refractivity contribution < 1.29 is 32.2 Å². The Morgan fingerprint density at radius 2 is 1.81 bits per heavy atom. The zero-order valence-electron chi connectivity index (χ0n) is 21.5. The van der Waals surface area contributed by atoms with Crippen molar-refractivity contribution in [1.82, 2.24) is 4.90 Å². The number of methoxy groups -OCH3 is 1. The number of amides is 1. The zero-order chi connectivity index (χ0) is 26.8. The van der Waals surface area contributed by atoms with Crippen molar-refractivity contribution in [2.75, 3.05) is 20.2 Å². The van der Waals surface area contributed by atoms with Crippen LogP contribution in [0.15, 0.2) is 48.5 Å². The minimum absolute atomic E-state index is 0.0366. The van der Waals surface area contributed by atoms with Crippen molar-refractivity contribution in [3.63, 3.8) is 0 Å². The number of morpholine rings is 1. The predicted molar refractivity (Wildman–Crippen MR) is 133 cm³/mol. The molecule has 2 aromatic rings. The molecule has 1 spiro atoms. The molecular weight excluding hydrogens is 483 g/mol. The minimum Gasteiger partial charge on any atom is -0.496 e. The Balaban J connectivity index is 1.52. The molecule has 0 bridgehead atoms.